The molecule has 2 saturated heterocycles. The van der Waals surface area contributed by atoms with Gasteiger partial charge in [0.15, 0.2) is 0 Å². The van der Waals surface area contributed by atoms with E-state index in [9.17, 15) is 19.2 Å². The summed E-state index contributed by atoms with van der Waals surface area (Å²) in [6.07, 6.45) is 4.21. The summed E-state index contributed by atoms with van der Waals surface area (Å²) < 4.78 is 11.7. The predicted octanol–water partition coefficient (Wildman–Crippen LogP) is 1.02. The Morgan fingerprint density at radius 3 is 2.52 bits per heavy atom. The van der Waals surface area contributed by atoms with E-state index >= 15 is 0 Å². The molecule has 9 nitrogen and oxygen atoms in total. The second kappa shape index (κ2) is 9.57. The molecule has 0 aromatic heterocycles. The van der Waals surface area contributed by atoms with Crippen molar-refractivity contribution in [3.63, 3.8) is 0 Å². The van der Waals surface area contributed by atoms with Crippen molar-refractivity contribution in [1.29, 1.82) is 0 Å². The molecular formula is C22H27N3O6. The van der Waals surface area contributed by atoms with Gasteiger partial charge in [0.05, 0.1) is 23.8 Å². The van der Waals surface area contributed by atoms with Crippen LogP contribution < -0.4 is 15.4 Å². The van der Waals surface area contributed by atoms with Crippen molar-refractivity contribution < 1.29 is 28.7 Å². The van der Waals surface area contributed by atoms with Crippen molar-refractivity contribution in [2.75, 3.05) is 26.3 Å². The topological polar surface area (TPSA) is 114 Å². The lowest BCUT2D eigenvalue weighted by molar-refractivity contribution is -0.136. The number of carbonyl (C=O) groups excluding carboxylic acids is 4. The van der Waals surface area contributed by atoms with Crippen molar-refractivity contribution in [1.82, 2.24) is 15.5 Å². The molecule has 3 aliphatic rings. The number of nitrogens with one attached hydrogen (secondary N) is 2. The Labute approximate surface area is 180 Å². The van der Waals surface area contributed by atoms with E-state index in [4.69, 9.17) is 9.47 Å². The number of fused-ring (bicyclic) bond motifs is 1. The molecule has 0 aliphatic carbocycles. The third-order valence-corrected chi connectivity index (χ3v) is 5.87. The Morgan fingerprint density at radius 1 is 0.968 bits per heavy atom. The van der Waals surface area contributed by atoms with Gasteiger partial charge in [-0.15, -0.1) is 0 Å². The van der Waals surface area contributed by atoms with Gasteiger partial charge >= 0.3 is 0 Å². The van der Waals surface area contributed by atoms with Gasteiger partial charge in [-0.25, -0.2) is 0 Å². The lowest BCUT2D eigenvalue weighted by Gasteiger charge is -2.27. The van der Waals surface area contributed by atoms with Crippen LogP contribution in [-0.4, -0.2) is 67.0 Å². The van der Waals surface area contributed by atoms with Crippen LogP contribution in [0.15, 0.2) is 18.2 Å². The number of amides is 4. The minimum atomic E-state index is -0.981. The Bertz CT molecular complexity index is 880. The normalized spacial score (nSPS) is 21.9. The van der Waals surface area contributed by atoms with Crippen LogP contribution in [0.4, 0.5) is 0 Å². The molecule has 1 aromatic carbocycles. The molecule has 3 heterocycles. The Morgan fingerprint density at radius 2 is 1.74 bits per heavy atom. The molecule has 1 atom stereocenters. The first-order chi connectivity index (χ1) is 15.1. The first-order valence-electron chi connectivity index (χ1n) is 10.9. The van der Waals surface area contributed by atoms with Gasteiger partial charge in [-0.1, -0.05) is 6.07 Å². The summed E-state index contributed by atoms with van der Waals surface area (Å²) in [6, 6.07) is 3.89. The Balaban J connectivity index is 1.33. The minimum absolute atomic E-state index is 0.0899. The van der Waals surface area contributed by atoms with Crippen molar-refractivity contribution in [2.45, 2.75) is 50.7 Å². The van der Waals surface area contributed by atoms with Gasteiger partial charge in [-0.3, -0.25) is 29.4 Å². The van der Waals surface area contributed by atoms with E-state index in [0.29, 0.717) is 25.1 Å². The van der Waals surface area contributed by atoms with E-state index in [-0.39, 0.29) is 24.0 Å². The van der Waals surface area contributed by atoms with Crippen LogP contribution in [0, 0.1) is 0 Å². The molecule has 0 saturated carbocycles. The van der Waals surface area contributed by atoms with E-state index in [1.54, 1.807) is 18.2 Å². The van der Waals surface area contributed by atoms with E-state index < -0.39 is 29.7 Å². The van der Waals surface area contributed by atoms with Gasteiger partial charge < -0.3 is 14.8 Å². The molecule has 4 amide bonds. The van der Waals surface area contributed by atoms with Crippen molar-refractivity contribution in [3.8, 4) is 5.75 Å². The molecule has 0 spiro atoms. The van der Waals surface area contributed by atoms with Crippen LogP contribution >= 0.6 is 0 Å². The number of imide groups is 2. The van der Waals surface area contributed by atoms with Gasteiger partial charge in [0.25, 0.3) is 11.8 Å². The zero-order chi connectivity index (χ0) is 21.8. The standard InChI is InChI=1S/C22H27N3O6/c26-18-7-6-16(20(27)24-18)25-21(28)15-4-3-5-17(19(15)22(25)29)31-13-2-1-12-30-14-8-10-23-11-9-14/h3-5,14,16,23H,1-2,6-13H2,(H,24,26,27). The SMILES string of the molecule is O=C1CCC(N2C(=O)c3cccc(OCCCCOC4CCNCC4)c3C2=O)C(=O)N1. The van der Waals surface area contributed by atoms with Gasteiger partial charge in [0.2, 0.25) is 11.8 Å². The minimum Gasteiger partial charge on any atom is -0.493 e. The number of nitrogens with zero attached hydrogens (tertiary/aromatic N) is 1. The molecule has 1 unspecified atom stereocenters. The summed E-state index contributed by atoms with van der Waals surface area (Å²) in [6.45, 7) is 3.05. The first-order valence-corrected chi connectivity index (χ1v) is 10.9. The molecule has 31 heavy (non-hydrogen) atoms. The number of benzene rings is 1. The fourth-order valence-electron chi connectivity index (χ4n) is 4.20. The summed E-state index contributed by atoms with van der Waals surface area (Å²) in [5.41, 5.74) is 0.407. The molecule has 2 fully saturated rings. The second-order valence-electron chi connectivity index (χ2n) is 8.00. The number of rotatable bonds is 8. The maximum Gasteiger partial charge on any atom is 0.266 e. The van der Waals surface area contributed by atoms with Gasteiger partial charge in [-0.2, -0.15) is 0 Å². The van der Waals surface area contributed by atoms with Crippen LogP contribution in [0.3, 0.4) is 0 Å². The number of hydrogen-bond acceptors (Lipinski definition) is 7. The predicted molar refractivity (Wildman–Crippen MR) is 110 cm³/mol. The second-order valence-corrected chi connectivity index (χ2v) is 8.00. The fraction of sp³-hybridized carbons (Fsp3) is 0.545. The van der Waals surface area contributed by atoms with E-state index in [1.165, 1.54) is 0 Å². The van der Waals surface area contributed by atoms with E-state index in [0.717, 1.165) is 43.7 Å². The molecule has 1 aromatic rings. The Kier molecular flexibility index (Phi) is 6.62. The lowest BCUT2D eigenvalue weighted by atomic mass is 10.0. The highest BCUT2D eigenvalue weighted by atomic mass is 16.5. The summed E-state index contributed by atoms with van der Waals surface area (Å²) in [4.78, 5) is 50.3. The molecule has 3 aliphatic heterocycles. The smallest absolute Gasteiger partial charge is 0.266 e. The molecular weight excluding hydrogens is 402 g/mol. The van der Waals surface area contributed by atoms with Crippen LogP contribution in [-0.2, 0) is 14.3 Å². The molecule has 4 rings (SSSR count). The zero-order valence-corrected chi connectivity index (χ0v) is 17.4. The van der Waals surface area contributed by atoms with Crippen molar-refractivity contribution in [2.24, 2.45) is 0 Å². The lowest BCUT2D eigenvalue weighted by Crippen LogP contribution is -2.54. The number of ether oxygens (including phenoxy) is 2. The summed E-state index contributed by atoms with van der Waals surface area (Å²) in [7, 11) is 0. The highest BCUT2D eigenvalue weighted by Gasteiger charge is 2.45. The number of hydrogen-bond donors (Lipinski definition) is 2. The third-order valence-electron chi connectivity index (χ3n) is 5.87. The zero-order valence-electron chi connectivity index (χ0n) is 17.4. The average molecular weight is 429 g/mol. The highest BCUT2D eigenvalue weighted by Crippen LogP contribution is 2.33. The van der Waals surface area contributed by atoms with Crippen LogP contribution in [0.1, 0.15) is 59.2 Å². The summed E-state index contributed by atoms with van der Waals surface area (Å²) >= 11 is 0. The van der Waals surface area contributed by atoms with Gasteiger partial charge in [0.1, 0.15) is 11.8 Å². The van der Waals surface area contributed by atoms with Crippen LogP contribution in [0.2, 0.25) is 0 Å². The molecule has 9 heteroatoms. The van der Waals surface area contributed by atoms with Crippen molar-refractivity contribution >= 4 is 23.6 Å². The number of piperidine rings is 2. The maximum atomic E-state index is 13.0. The fourth-order valence-corrected chi connectivity index (χ4v) is 4.20. The molecule has 0 bridgehead atoms. The quantitative estimate of drug-likeness (QED) is 0.468. The highest BCUT2D eigenvalue weighted by molar-refractivity contribution is 6.24. The maximum absolute atomic E-state index is 13.0. The number of unbranched alkanes of at least 4 members (excludes halogenated alkanes) is 1. The van der Waals surface area contributed by atoms with Crippen LogP contribution in [0.25, 0.3) is 0 Å². The van der Waals surface area contributed by atoms with E-state index in [2.05, 4.69) is 10.6 Å². The molecule has 166 valence electrons. The molecule has 2 N–H and O–H groups in total. The van der Waals surface area contributed by atoms with Crippen LogP contribution in [0.5, 0.6) is 5.75 Å². The largest absolute Gasteiger partial charge is 0.493 e. The average Bonchev–Trinajstić information content (AvgIpc) is 3.02. The monoisotopic (exact) mass is 429 g/mol. The first kappa shape index (κ1) is 21.5. The summed E-state index contributed by atoms with van der Waals surface area (Å²) in [5.74, 6) is -1.77. The third kappa shape index (κ3) is 4.62. The van der Waals surface area contributed by atoms with Gasteiger partial charge in [0, 0.05) is 13.0 Å². The van der Waals surface area contributed by atoms with Crippen molar-refractivity contribution in [3.05, 3.63) is 29.3 Å². The van der Waals surface area contributed by atoms with Gasteiger partial charge in [-0.05, 0) is 57.3 Å². The Hall–Kier alpha value is -2.78. The number of carbonyl (C=O) groups is 4. The molecule has 0 radical (unpaired) electrons. The summed E-state index contributed by atoms with van der Waals surface area (Å²) in [5, 5.41) is 5.50. The van der Waals surface area contributed by atoms with E-state index in [1.807, 2.05) is 0 Å².